The zero-order chi connectivity index (χ0) is 23.4. The summed E-state index contributed by atoms with van der Waals surface area (Å²) in [5.41, 5.74) is 0.206. The van der Waals surface area contributed by atoms with Gasteiger partial charge in [-0.1, -0.05) is 23.7 Å². The van der Waals surface area contributed by atoms with E-state index in [1.165, 1.54) is 10.6 Å². The van der Waals surface area contributed by atoms with Gasteiger partial charge in [0, 0.05) is 25.3 Å². The Labute approximate surface area is 190 Å². The predicted molar refractivity (Wildman–Crippen MR) is 125 cm³/mol. The number of rotatable bonds is 7. The average Bonchev–Trinajstić information content (AvgIpc) is 2.78. The predicted octanol–water partition coefficient (Wildman–Crippen LogP) is 2.96. The number of hydrogen-bond acceptors (Lipinski definition) is 4. The van der Waals surface area contributed by atoms with Crippen molar-refractivity contribution in [1.29, 1.82) is 0 Å². The summed E-state index contributed by atoms with van der Waals surface area (Å²) in [6, 6.07) is 11.3. The molecule has 0 spiro atoms. The van der Waals surface area contributed by atoms with Gasteiger partial charge < -0.3 is 10.2 Å². The molecule has 3 aromatic rings. The minimum atomic E-state index is -0.551. The Morgan fingerprint density at radius 2 is 1.69 bits per heavy atom. The summed E-state index contributed by atoms with van der Waals surface area (Å²) in [5, 5.41) is 3.29. The zero-order valence-electron chi connectivity index (χ0n) is 18.2. The molecule has 0 atom stereocenters. The van der Waals surface area contributed by atoms with Gasteiger partial charge in [0.2, 0.25) is 5.91 Å². The van der Waals surface area contributed by atoms with Crippen LogP contribution < -0.4 is 16.6 Å². The van der Waals surface area contributed by atoms with Gasteiger partial charge in [-0.2, -0.15) is 0 Å². The van der Waals surface area contributed by atoms with E-state index in [9.17, 15) is 19.2 Å². The number of para-hydroxylation sites is 1. The maximum Gasteiger partial charge on any atom is 0.331 e. The third-order valence-corrected chi connectivity index (χ3v) is 5.60. The topological polar surface area (TPSA) is 93.4 Å². The molecule has 0 saturated heterocycles. The van der Waals surface area contributed by atoms with E-state index >= 15 is 0 Å². The van der Waals surface area contributed by atoms with Crippen LogP contribution in [-0.2, 0) is 17.9 Å². The lowest BCUT2D eigenvalue weighted by Gasteiger charge is -2.19. The summed E-state index contributed by atoms with van der Waals surface area (Å²) < 4.78 is 2.37. The molecule has 32 heavy (non-hydrogen) atoms. The Morgan fingerprint density at radius 1 is 1.00 bits per heavy atom. The number of amides is 2. The van der Waals surface area contributed by atoms with Crippen molar-refractivity contribution in [3.63, 3.8) is 0 Å². The molecular weight excluding hydrogens is 432 g/mol. The van der Waals surface area contributed by atoms with Crippen LogP contribution in [0, 0.1) is 0 Å². The molecule has 1 heterocycles. The first-order valence-electron chi connectivity index (χ1n) is 10.4. The van der Waals surface area contributed by atoms with Gasteiger partial charge in [0.25, 0.3) is 11.5 Å². The van der Waals surface area contributed by atoms with Crippen LogP contribution in [0.5, 0.6) is 0 Å². The van der Waals surface area contributed by atoms with Gasteiger partial charge in [-0.25, -0.2) is 4.79 Å². The highest BCUT2D eigenvalue weighted by Gasteiger charge is 2.18. The lowest BCUT2D eigenvalue weighted by atomic mass is 10.1. The molecule has 0 saturated carbocycles. The zero-order valence-corrected chi connectivity index (χ0v) is 19.0. The average molecular weight is 457 g/mol. The van der Waals surface area contributed by atoms with Gasteiger partial charge in [0.15, 0.2) is 0 Å². The van der Waals surface area contributed by atoms with Crippen LogP contribution in [0.25, 0.3) is 10.9 Å². The highest BCUT2D eigenvalue weighted by Crippen LogP contribution is 2.22. The number of carbonyl (C=O) groups is 2. The van der Waals surface area contributed by atoms with E-state index < -0.39 is 11.6 Å². The SMILES string of the molecule is CCN(CC)C(=O)c1ccc(NC(=O)Cn2c(=O)n(CC)c(=O)c3ccccc32)cc1Cl. The van der Waals surface area contributed by atoms with E-state index in [1.54, 1.807) is 48.2 Å². The molecule has 2 aromatic carbocycles. The van der Waals surface area contributed by atoms with Gasteiger partial charge in [-0.15, -0.1) is 0 Å². The minimum Gasteiger partial charge on any atom is -0.339 e. The molecule has 8 nitrogen and oxygen atoms in total. The van der Waals surface area contributed by atoms with Gasteiger partial charge >= 0.3 is 5.69 Å². The first kappa shape index (κ1) is 23.3. The van der Waals surface area contributed by atoms with Crippen molar-refractivity contribution in [1.82, 2.24) is 14.0 Å². The van der Waals surface area contributed by atoms with E-state index in [-0.39, 0.29) is 29.6 Å². The lowest BCUT2D eigenvalue weighted by molar-refractivity contribution is -0.116. The molecular formula is C23H25ClN4O4. The van der Waals surface area contributed by atoms with Crippen LogP contribution in [0.3, 0.4) is 0 Å². The summed E-state index contributed by atoms with van der Waals surface area (Å²) in [6.45, 7) is 6.51. The third kappa shape index (κ3) is 4.45. The van der Waals surface area contributed by atoms with Crippen molar-refractivity contribution < 1.29 is 9.59 Å². The molecule has 0 radical (unpaired) electrons. The fourth-order valence-corrected chi connectivity index (χ4v) is 3.86. The summed E-state index contributed by atoms with van der Waals surface area (Å²) in [4.78, 5) is 52.2. The van der Waals surface area contributed by atoms with Crippen molar-refractivity contribution >= 4 is 40.0 Å². The monoisotopic (exact) mass is 456 g/mol. The summed E-state index contributed by atoms with van der Waals surface area (Å²) in [5.74, 6) is -0.643. The van der Waals surface area contributed by atoms with Gasteiger partial charge in [-0.3, -0.25) is 23.5 Å². The lowest BCUT2D eigenvalue weighted by Crippen LogP contribution is -2.41. The number of nitrogens with one attached hydrogen (secondary N) is 1. The second kappa shape index (κ2) is 9.82. The Hall–Kier alpha value is -3.39. The normalized spacial score (nSPS) is 10.9. The molecule has 0 aliphatic carbocycles. The number of benzene rings is 2. The second-order valence-corrected chi connectivity index (χ2v) is 7.56. The molecule has 0 fully saturated rings. The number of fused-ring (bicyclic) bond motifs is 1. The number of halogens is 1. The van der Waals surface area contributed by atoms with Crippen LogP contribution in [0.2, 0.25) is 5.02 Å². The highest BCUT2D eigenvalue weighted by atomic mass is 35.5. The van der Waals surface area contributed by atoms with Gasteiger partial charge in [0.05, 0.1) is 21.5 Å². The first-order valence-corrected chi connectivity index (χ1v) is 10.8. The Kier molecular flexibility index (Phi) is 7.15. The van der Waals surface area contributed by atoms with Crippen molar-refractivity contribution in [2.24, 2.45) is 0 Å². The number of aromatic nitrogens is 2. The van der Waals surface area contributed by atoms with E-state index in [0.717, 1.165) is 4.57 Å². The quantitative estimate of drug-likeness (QED) is 0.591. The van der Waals surface area contributed by atoms with E-state index in [4.69, 9.17) is 11.6 Å². The largest absolute Gasteiger partial charge is 0.339 e. The van der Waals surface area contributed by atoms with Gasteiger partial charge in [0.1, 0.15) is 6.54 Å². The molecule has 1 N–H and O–H groups in total. The van der Waals surface area contributed by atoms with Crippen LogP contribution >= 0.6 is 11.6 Å². The van der Waals surface area contributed by atoms with Crippen LogP contribution in [0.4, 0.5) is 5.69 Å². The molecule has 0 aliphatic rings. The maximum absolute atomic E-state index is 12.8. The number of nitrogens with zero attached hydrogens (tertiary/aromatic N) is 3. The molecule has 0 bridgehead atoms. The first-order chi connectivity index (χ1) is 15.3. The fourth-order valence-electron chi connectivity index (χ4n) is 3.59. The molecule has 3 rings (SSSR count). The third-order valence-electron chi connectivity index (χ3n) is 5.28. The van der Waals surface area contributed by atoms with Crippen molar-refractivity contribution in [3.8, 4) is 0 Å². The number of anilines is 1. The van der Waals surface area contributed by atoms with Crippen molar-refractivity contribution in [2.75, 3.05) is 18.4 Å². The number of hydrogen-bond donors (Lipinski definition) is 1. The van der Waals surface area contributed by atoms with Gasteiger partial charge in [-0.05, 0) is 51.1 Å². The molecule has 1 aromatic heterocycles. The Balaban J connectivity index is 1.88. The second-order valence-electron chi connectivity index (χ2n) is 7.16. The smallest absolute Gasteiger partial charge is 0.331 e. The Bertz CT molecular complexity index is 1290. The molecule has 9 heteroatoms. The van der Waals surface area contributed by atoms with Crippen molar-refractivity contribution in [2.45, 2.75) is 33.9 Å². The maximum atomic E-state index is 12.8. The molecule has 0 aliphatic heterocycles. The number of carbonyl (C=O) groups excluding carboxylic acids is 2. The van der Waals surface area contributed by atoms with Crippen molar-refractivity contribution in [3.05, 3.63) is 73.9 Å². The van der Waals surface area contributed by atoms with Crippen LogP contribution in [0.15, 0.2) is 52.1 Å². The minimum absolute atomic E-state index is 0.183. The molecule has 2 amide bonds. The van der Waals surface area contributed by atoms with E-state index in [0.29, 0.717) is 35.2 Å². The highest BCUT2D eigenvalue weighted by molar-refractivity contribution is 6.34. The fraction of sp³-hybridized carbons (Fsp3) is 0.304. The van der Waals surface area contributed by atoms with Crippen LogP contribution in [0.1, 0.15) is 31.1 Å². The molecule has 168 valence electrons. The standard InChI is InChI=1S/C23H25ClN4O4/c1-4-26(5-2)21(30)16-12-11-15(13-18(16)24)25-20(29)14-28-19-10-8-7-9-17(19)22(31)27(6-3)23(28)32/h7-13H,4-6,14H2,1-3H3,(H,25,29). The summed E-state index contributed by atoms with van der Waals surface area (Å²) >= 11 is 6.29. The van der Waals surface area contributed by atoms with E-state index in [1.807, 2.05) is 13.8 Å². The Morgan fingerprint density at radius 3 is 2.31 bits per heavy atom. The summed E-state index contributed by atoms with van der Waals surface area (Å²) in [7, 11) is 0. The van der Waals surface area contributed by atoms with E-state index in [2.05, 4.69) is 5.32 Å². The van der Waals surface area contributed by atoms with Crippen LogP contribution in [-0.4, -0.2) is 38.9 Å². The molecule has 0 unspecified atom stereocenters. The summed E-state index contributed by atoms with van der Waals surface area (Å²) in [6.07, 6.45) is 0.